The smallest absolute Gasteiger partial charge is 0.264 e. The molecule has 0 unspecified atom stereocenters. The molecule has 0 saturated carbocycles. The van der Waals surface area contributed by atoms with Gasteiger partial charge in [-0.05, 0) is 91.1 Å². The Morgan fingerprint density at radius 1 is 1.00 bits per heavy atom. The Morgan fingerprint density at radius 3 is 2.38 bits per heavy atom. The summed E-state index contributed by atoms with van der Waals surface area (Å²) >= 11 is 5.25. The molecule has 7 heteroatoms. The summed E-state index contributed by atoms with van der Waals surface area (Å²) in [6.45, 7) is 6.10. The monoisotopic (exact) mass is 473 g/mol. The Kier molecular flexibility index (Phi) is 7.23. The number of aromatic nitrogens is 1. The van der Waals surface area contributed by atoms with E-state index >= 15 is 0 Å². The first kappa shape index (κ1) is 23.4. The zero-order chi connectivity index (χ0) is 24.1. The van der Waals surface area contributed by atoms with Crippen molar-refractivity contribution in [3.8, 4) is 5.75 Å². The van der Waals surface area contributed by atoms with Gasteiger partial charge >= 0.3 is 0 Å². The molecule has 6 nitrogen and oxygen atoms in total. The molecule has 0 bridgehead atoms. The van der Waals surface area contributed by atoms with Crippen molar-refractivity contribution in [3.63, 3.8) is 0 Å². The predicted molar refractivity (Wildman–Crippen MR) is 138 cm³/mol. The summed E-state index contributed by atoms with van der Waals surface area (Å²) in [4.78, 5) is 16.7. The molecule has 0 aliphatic heterocycles. The third-order valence-corrected chi connectivity index (χ3v) is 5.77. The van der Waals surface area contributed by atoms with Gasteiger partial charge in [0.15, 0.2) is 23.2 Å². The summed E-state index contributed by atoms with van der Waals surface area (Å²) in [5.41, 5.74) is 7.11. The number of oxazole rings is 1. The van der Waals surface area contributed by atoms with Crippen molar-refractivity contribution in [2.24, 2.45) is 0 Å². The summed E-state index contributed by atoms with van der Waals surface area (Å²) in [5, 5.41) is 5.86. The van der Waals surface area contributed by atoms with Gasteiger partial charge in [-0.2, -0.15) is 0 Å². The molecule has 4 rings (SSSR count). The number of hydrogen-bond acceptors (Lipinski definition) is 5. The number of fused-ring (bicyclic) bond motifs is 1. The SMILES string of the molecule is CCc1ccc(OCC(=O)NC(=S)Nc2ccc(Cc3nc4cc(C)c(C)cc4o3)cc2)cc1. The first-order chi connectivity index (χ1) is 16.4. The largest absolute Gasteiger partial charge is 0.484 e. The Hall–Kier alpha value is -3.71. The van der Waals surface area contributed by atoms with Crippen molar-refractivity contribution < 1.29 is 13.9 Å². The Morgan fingerprint density at radius 2 is 1.68 bits per heavy atom. The van der Waals surface area contributed by atoms with Crippen LogP contribution in [-0.4, -0.2) is 22.6 Å². The number of amides is 1. The van der Waals surface area contributed by atoms with Crippen LogP contribution in [0.5, 0.6) is 5.75 Å². The molecular formula is C27H27N3O3S. The second-order valence-corrected chi connectivity index (χ2v) is 8.58. The molecule has 0 saturated heterocycles. The molecule has 1 heterocycles. The maximum Gasteiger partial charge on any atom is 0.264 e. The highest BCUT2D eigenvalue weighted by atomic mass is 32.1. The van der Waals surface area contributed by atoms with E-state index in [1.807, 2.05) is 60.7 Å². The third kappa shape index (κ3) is 5.99. The summed E-state index contributed by atoms with van der Waals surface area (Å²) < 4.78 is 11.4. The van der Waals surface area contributed by atoms with Gasteiger partial charge in [0.25, 0.3) is 5.91 Å². The minimum absolute atomic E-state index is 0.115. The third-order valence-electron chi connectivity index (χ3n) is 5.57. The van der Waals surface area contributed by atoms with E-state index in [-0.39, 0.29) is 17.6 Å². The number of carbonyl (C=O) groups excluding carboxylic acids is 1. The zero-order valence-corrected chi connectivity index (χ0v) is 20.3. The number of aryl methyl sites for hydroxylation is 3. The van der Waals surface area contributed by atoms with Gasteiger partial charge in [-0.1, -0.05) is 31.2 Å². The number of ether oxygens (including phenoxy) is 1. The van der Waals surface area contributed by atoms with Crippen LogP contribution in [0.25, 0.3) is 11.1 Å². The Labute approximate surface area is 204 Å². The molecule has 0 fully saturated rings. The highest BCUT2D eigenvalue weighted by Gasteiger charge is 2.10. The van der Waals surface area contributed by atoms with E-state index < -0.39 is 0 Å². The molecule has 1 aromatic heterocycles. The summed E-state index contributed by atoms with van der Waals surface area (Å²) in [6.07, 6.45) is 1.54. The van der Waals surface area contributed by atoms with Crippen LogP contribution >= 0.6 is 12.2 Å². The highest BCUT2D eigenvalue weighted by Crippen LogP contribution is 2.22. The van der Waals surface area contributed by atoms with E-state index in [1.54, 1.807) is 0 Å². The van der Waals surface area contributed by atoms with Crippen molar-refractivity contribution in [3.05, 3.63) is 88.8 Å². The van der Waals surface area contributed by atoms with E-state index in [4.69, 9.17) is 21.4 Å². The van der Waals surface area contributed by atoms with Gasteiger partial charge in [0.2, 0.25) is 0 Å². The van der Waals surface area contributed by atoms with Crippen LogP contribution in [0.4, 0.5) is 5.69 Å². The average molecular weight is 474 g/mol. The normalized spacial score (nSPS) is 10.8. The topological polar surface area (TPSA) is 76.4 Å². The minimum atomic E-state index is -0.324. The number of nitrogens with one attached hydrogen (secondary N) is 2. The summed E-state index contributed by atoms with van der Waals surface area (Å²) in [5.74, 6) is 0.994. The quantitative estimate of drug-likeness (QED) is 0.346. The average Bonchev–Trinajstić information content (AvgIpc) is 3.20. The molecule has 174 valence electrons. The number of carbonyl (C=O) groups is 1. The molecule has 0 spiro atoms. The Bertz CT molecular complexity index is 1270. The van der Waals surface area contributed by atoms with E-state index in [9.17, 15) is 4.79 Å². The maximum absolute atomic E-state index is 12.1. The molecule has 2 N–H and O–H groups in total. The molecule has 3 aromatic carbocycles. The van der Waals surface area contributed by atoms with Crippen LogP contribution in [-0.2, 0) is 17.6 Å². The number of rotatable bonds is 7. The van der Waals surface area contributed by atoms with Crippen molar-refractivity contribution in [1.82, 2.24) is 10.3 Å². The van der Waals surface area contributed by atoms with Crippen LogP contribution in [0.3, 0.4) is 0 Å². The summed E-state index contributed by atoms with van der Waals surface area (Å²) in [6, 6.07) is 19.5. The van der Waals surface area contributed by atoms with Gasteiger partial charge in [0.1, 0.15) is 11.3 Å². The fourth-order valence-corrected chi connectivity index (χ4v) is 3.71. The van der Waals surface area contributed by atoms with Crippen LogP contribution in [0, 0.1) is 13.8 Å². The van der Waals surface area contributed by atoms with Gasteiger partial charge in [0.05, 0.1) is 0 Å². The second-order valence-electron chi connectivity index (χ2n) is 8.17. The predicted octanol–water partition coefficient (Wildman–Crippen LogP) is 5.49. The fraction of sp³-hybridized carbons (Fsp3) is 0.222. The van der Waals surface area contributed by atoms with Crippen LogP contribution < -0.4 is 15.4 Å². The maximum atomic E-state index is 12.1. The molecule has 0 atom stereocenters. The number of anilines is 1. The van der Waals surface area contributed by atoms with Gasteiger partial charge in [0, 0.05) is 12.1 Å². The standard InChI is InChI=1S/C27H27N3O3S/c1-4-19-7-11-22(12-8-19)32-16-25(31)30-27(34)28-21-9-5-20(6-10-21)15-26-29-23-13-17(2)18(3)14-24(23)33-26/h5-14H,4,15-16H2,1-3H3,(H2,28,30,31,34). The Balaban J connectivity index is 1.27. The lowest BCUT2D eigenvalue weighted by Gasteiger charge is -2.11. The molecular weight excluding hydrogens is 446 g/mol. The molecule has 34 heavy (non-hydrogen) atoms. The van der Waals surface area contributed by atoms with E-state index in [0.29, 0.717) is 18.1 Å². The van der Waals surface area contributed by atoms with Crippen molar-refractivity contribution in [2.45, 2.75) is 33.6 Å². The first-order valence-electron chi connectivity index (χ1n) is 11.2. The van der Waals surface area contributed by atoms with Crippen LogP contribution in [0.2, 0.25) is 0 Å². The molecule has 0 radical (unpaired) electrons. The number of thiocarbonyl (C=S) groups is 1. The number of benzene rings is 3. The summed E-state index contributed by atoms with van der Waals surface area (Å²) in [7, 11) is 0. The van der Waals surface area contributed by atoms with E-state index in [0.717, 1.165) is 28.8 Å². The first-order valence-corrected chi connectivity index (χ1v) is 11.6. The molecule has 4 aromatic rings. The van der Waals surface area contributed by atoms with Gasteiger partial charge < -0.3 is 14.5 Å². The van der Waals surface area contributed by atoms with E-state index in [2.05, 4.69) is 36.4 Å². The van der Waals surface area contributed by atoms with Crippen molar-refractivity contribution >= 4 is 40.0 Å². The zero-order valence-electron chi connectivity index (χ0n) is 19.5. The van der Waals surface area contributed by atoms with E-state index in [1.165, 1.54) is 16.7 Å². The second kappa shape index (κ2) is 10.5. The van der Waals surface area contributed by atoms with Gasteiger partial charge in [-0.15, -0.1) is 0 Å². The van der Waals surface area contributed by atoms with Crippen LogP contribution in [0.1, 0.15) is 35.1 Å². The lowest BCUT2D eigenvalue weighted by molar-refractivity contribution is -0.121. The van der Waals surface area contributed by atoms with Gasteiger partial charge in [-0.3, -0.25) is 10.1 Å². The highest BCUT2D eigenvalue weighted by molar-refractivity contribution is 7.80. The van der Waals surface area contributed by atoms with Crippen molar-refractivity contribution in [1.29, 1.82) is 0 Å². The molecule has 0 aliphatic rings. The van der Waals surface area contributed by atoms with Crippen molar-refractivity contribution in [2.75, 3.05) is 11.9 Å². The molecule has 0 aliphatic carbocycles. The lowest BCUT2D eigenvalue weighted by atomic mass is 10.1. The lowest BCUT2D eigenvalue weighted by Crippen LogP contribution is -2.37. The van der Waals surface area contributed by atoms with Crippen LogP contribution in [0.15, 0.2) is 65.1 Å². The molecule has 1 amide bonds. The number of hydrogen-bond donors (Lipinski definition) is 2. The fourth-order valence-electron chi connectivity index (χ4n) is 3.48. The minimum Gasteiger partial charge on any atom is -0.484 e. The van der Waals surface area contributed by atoms with Gasteiger partial charge in [-0.25, -0.2) is 4.98 Å². The number of nitrogens with zero attached hydrogens (tertiary/aromatic N) is 1.